The van der Waals surface area contributed by atoms with Gasteiger partial charge < -0.3 is 0 Å². The van der Waals surface area contributed by atoms with Gasteiger partial charge in [-0.1, -0.05) is 152 Å². The van der Waals surface area contributed by atoms with E-state index < -0.39 is 0 Å². The normalized spacial score (nSPS) is 11.8. The Morgan fingerprint density at radius 3 is 1.66 bits per heavy atom. The molecule has 246 valence electrons. The van der Waals surface area contributed by atoms with Gasteiger partial charge in [-0.05, 0) is 35.4 Å². The summed E-state index contributed by atoms with van der Waals surface area (Å²) < 4.78 is 2.58. The second-order valence-corrected chi connectivity index (χ2v) is 14.6. The summed E-state index contributed by atoms with van der Waals surface area (Å²) in [5.41, 5.74) is 11.5. The van der Waals surface area contributed by atoms with Crippen molar-refractivity contribution in [3.05, 3.63) is 176 Å². The second kappa shape index (κ2) is 11.9. The van der Waals surface area contributed by atoms with Crippen LogP contribution in [0.2, 0.25) is 0 Å². The topological polar surface area (TPSA) is 38.7 Å². The van der Waals surface area contributed by atoms with Crippen LogP contribution in [0.3, 0.4) is 0 Å². The maximum atomic E-state index is 5.21. The highest BCUT2D eigenvalue weighted by atomic mass is 32.1. The lowest BCUT2D eigenvalue weighted by Crippen LogP contribution is -1.91. The molecule has 53 heavy (non-hydrogen) atoms. The predicted molar refractivity (Wildman–Crippen MR) is 224 cm³/mol. The zero-order chi connectivity index (χ0) is 34.9. The van der Waals surface area contributed by atoms with Crippen LogP contribution in [0.1, 0.15) is 0 Å². The molecule has 0 fully saturated rings. The van der Waals surface area contributed by atoms with Crippen molar-refractivity contribution < 1.29 is 0 Å². The third-order valence-electron chi connectivity index (χ3n) is 10.5. The first-order valence-electron chi connectivity index (χ1n) is 17.9. The van der Waals surface area contributed by atoms with Gasteiger partial charge in [0.05, 0.1) is 33.6 Å². The molecule has 11 aromatic rings. The molecule has 4 aromatic heterocycles. The van der Waals surface area contributed by atoms with E-state index in [1.54, 1.807) is 0 Å². The summed E-state index contributed by atoms with van der Waals surface area (Å²) in [5.74, 6) is 0. The minimum Gasteiger partial charge on any atom is -0.247 e. The van der Waals surface area contributed by atoms with E-state index in [4.69, 9.17) is 15.0 Å². The van der Waals surface area contributed by atoms with Crippen LogP contribution in [0.15, 0.2) is 176 Å². The maximum Gasteiger partial charge on any atom is 0.0972 e. The summed E-state index contributed by atoms with van der Waals surface area (Å²) in [6.45, 7) is 0. The van der Waals surface area contributed by atoms with E-state index in [1.165, 1.54) is 47.5 Å². The number of rotatable bonds is 4. The number of pyridine rings is 3. The fourth-order valence-corrected chi connectivity index (χ4v) is 9.18. The molecular weight excluding hydrogens is 663 g/mol. The van der Waals surface area contributed by atoms with Crippen LogP contribution >= 0.6 is 11.3 Å². The first-order chi connectivity index (χ1) is 26.3. The molecule has 0 unspecified atom stereocenters. The van der Waals surface area contributed by atoms with Crippen molar-refractivity contribution in [2.75, 3.05) is 0 Å². The highest BCUT2D eigenvalue weighted by Gasteiger charge is 2.18. The van der Waals surface area contributed by atoms with Gasteiger partial charge >= 0.3 is 0 Å². The molecule has 0 aliphatic rings. The molecule has 4 heterocycles. The number of para-hydroxylation sites is 1. The standard InChI is InChI=1S/C49H29N3S/c1-3-10-31(11-4-1)40-28-24-34-22-23-35-25-29-41(51-48(35)47(34)50-40)32-20-18-30(19-21-32)36-15-9-17-43-44(36)39-27-26-38-45(49(39)53-43)37-14-7-8-16-42(37)52-46(38)33-12-5-2-6-13-33/h1-29H. The second-order valence-electron chi connectivity index (χ2n) is 13.5. The first kappa shape index (κ1) is 29.9. The fourth-order valence-electron chi connectivity index (χ4n) is 7.89. The number of hydrogen-bond acceptors (Lipinski definition) is 4. The average molecular weight is 692 g/mol. The van der Waals surface area contributed by atoms with E-state index in [0.29, 0.717) is 0 Å². The van der Waals surface area contributed by atoms with Crippen molar-refractivity contribution in [1.29, 1.82) is 0 Å². The van der Waals surface area contributed by atoms with Crippen molar-refractivity contribution in [2.45, 2.75) is 0 Å². The smallest absolute Gasteiger partial charge is 0.0972 e. The SMILES string of the molecule is c1ccc(-c2ccc3ccc4ccc(-c5ccc(-c6cccc7sc8c(ccc9c(-c%10ccccc%10)nc%10ccccc%10c98)c67)cc5)nc4c3n2)cc1. The zero-order valence-corrected chi connectivity index (χ0v) is 29.3. The predicted octanol–water partition coefficient (Wildman–Crippen LogP) is 13.5. The number of fused-ring (bicyclic) bond motifs is 10. The highest BCUT2D eigenvalue weighted by molar-refractivity contribution is 7.27. The fraction of sp³-hybridized carbons (Fsp3) is 0. The molecule has 0 saturated carbocycles. The Hall–Kier alpha value is -6.75. The molecule has 0 radical (unpaired) electrons. The summed E-state index contributed by atoms with van der Waals surface area (Å²) in [5, 5.41) is 8.38. The molecule has 0 atom stereocenters. The molecule has 3 nitrogen and oxygen atoms in total. The highest BCUT2D eigenvalue weighted by Crippen LogP contribution is 2.46. The van der Waals surface area contributed by atoms with Gasteiger partial charge in [-0.2, -0.15) is 0 Å². The molecular formula is C49H29N3S. The molecule has 0 amide bonds. The number of thiophene rings is 1. The van der Waals surface area contributed by atoms with Gasteiger partial charge in [-0.3, -0.25) is 0 Å². The molecule has 0 bridgehead atoms. The largest absolute Gasteiger partial charge is 0.247 e. The van der Waals surface area contributed by atoms with Crippen molar-refractivity contribution >= 4 is 75.0 Å². The van der Waals surface area contributed by atoms with Crippen LogP contribution in [0.5, 0.6) is 0 Å². The Bertz CT molecular complexity index is 3200. The maximum absolute atomic E-state index is 5.21. The van der Waals surface area contributed by atoms with Gasteiger partial charge in [0.2, 0.25) is 0 Å². The monoisotopic (exact) mass is 691 g/mol. The van der Waals surface area contributed by atoms with E-state index in [2.05, 4.69) is 170 Å². The summed E-state index contributed by atoms with van der Waals surface area (Å²) in [4.78, 5) is 15.5. The number of benzene rings is 7. The van der Waals surface area contributed by atoms with Gasteiger partial charge in [0.1, 0.15) is 0 Å². The molecule has 4 heteroatoms. The van der Waals surface area contributed by atoms with E-state index in [-0.39, 0.29) is 0 Å². The van der Waals surface area contributed by atoms with Crippen LogP contribution in [0.25, 0.3) is 109 Å². The molecule has 11 rings (SSSR count). The summed E-state index contributed by atoms with van der Waals surface area (Å²) in [6, 6.07) is 62.4. The lowest BCUT2D eigenvalue weighted by molar-refractivity contribution is 1.36. The third kappa shape index (κ3) is 4.84. The number of hydrogen-bond donors (Lipinski definition) is 0. The van der Waals surface area contributed by atoms with Crippen molar-refractivity contribution in [1.82, 2.24) is 15.0 Å². The molecule has 0 spiro atoms. The Kier molecular flexibility index (Phi) is 6.73. The molecule has 0 N–H and O–H groups in total. The lowest BCUT2D eigenvalue weighted by Gasteiger charge is -2.11. The molecule has 0 saturated heterocycles. The molecule has 0 aliphatic carbocycles. The quantitative estimate of drug-likeness (QED) is 0.172. The van der Waals surface area contributed by atoms with E-state index in [0.717, 1.165) is 61.1 Å². The van der Waals surface area contributed by atoms with Crippen LogP contribution in [0.4, 0.5) is 0 Å². The van der Waals surface area contributed by atoms with Gasteiger partial charge in [0.15, 0.2) is 0 Å². The number of nitrogens with zero attached hydrogens (tertiary/aromatic N) is 3. The zero-order valence-electron chi connectivity index (χ0n) is 28.5. The lowest BCUT2D eigenvalue weighted by atomic mass is 9.95. The summed E-state index contributed by atoms with van der Waals surface area (Å²) in [6.07, 6.45) is 0. The van der Waals surface area contributed by atoms with Crippen LogP contribution in [0, 0.1) is 0 Å². The molecule has 7 aromatic carbocycles. The minimum absolute atomic E-state index is 0.918. The summed E-state index contributed by atoms with van der Waals surface area (Å²) >= 11 is 1.88. The third-order valence-corrected chi connectivity index (χ3v) is 11.6. The van der Waals surface area contributed by atoms with Crippen LogP contribution in [-0.2, 0) is 0 Å². The van der Waals surface area contributed by atoms with Gasteiger partial charge in [-0.15, -0.1) is 11.3 Å². The first-order valence-corrected chi connectivity index (χ1v) is 18.7. The Morgan fingerprint density at radius 2 is 0.943 bits per heavy atom. The van der Waals surface area contributed by atoms with Gasteiger partial charge in [-0.25, -0.2) is 15.0 Å². The van der Waals surface area contributed by atoms with Gasteiger partial charge in [0.25, 0.3) is 0 Å². The Labute approximate surface area is 309 Å². The van der Waals surface area contributed by atoms with Crippen LogP contribution < -0.4 is 0 Å². The average Bonchev–Trinajstić information content (AvgIpc) is 3.63. The Balaban J connectivity index is 1.04. The van der Waals surface area contributed by atoms with E-state index in [9.17, 15) is 0 Å². The van der Waals surface area contributed by atoms with Crippen molar-refractivity contribution in [3.8, 4) is 44.9 Å². The van der Waals surface area contributed by atoms with Gasteiger partial charge in [0, 0.05) is 63.8 Å². The van der Waals surface area contributed by atoms with E-state index in [1.807, 2.05) is 17.4 Å². The summed E-state index contributed by atoms with van der Waals surface area (Å²) in [7, 11) is 0. The van der Waals surface area contributed by atoms with E-state index >= 15 is 0 Å². The molecule has 0 aliphatic heterocycles. The van der Waals surface area contributed by atoms with Crippen molar-refractivity contribution in [2.24, 2.45) is 0 Å². The number of aromatic nitrogens is 3. The van der Waals surface area contributed by atoms with Crippen molar-refractivity contribution in [3.63, 3.8) is 0 Å². The Morgan fingerprint density at radius 1 is 0.358 bits per heavy atom. The van der Waals surface area contributed by atoms with Crippen LogP contribution in [-0.4, -0.2) is 15.0 Å². The minimum atomic E-state index is 0.918.